The second-order valence-electron chi connectivity index (χ2n) is 8.36. The van der Waals surface area contributed by atoms with Crippen LogP contribution in [0.25, 0.3) is 5.57 Å². The van der Waals surface area contributed by atoms with Gasteiger partial charge < -0.3 is 5.32 Å². The minimum absolute atomic E-state index is 0.169. The second-order valence-corrected chi connectivity index (χ2v) is 11.2. The van der Waals surface area contributed by atoms with Crippen molar-refractivity contribution in [2.75, 3.05) is 5.32 Å². The summed E-state index contributed by atoms with van der Waals surface area (Å²) < 4.78 is 66.6. The number of benzene rings is 3. The molecule has 0 saturated heterocycles. The molecule has 3 aromatic rings. The molecule has 0 aromatic heterocycles. The Morgan fingerprint density at radius 1 is 0.865 bits per heavy atom. The molecule has 37 heavy (non-hydrogen) atoms. The smallest absolute Gasteiger partial charge is 0.295 e. The highest BCUT2D eigenvalue weighted by molar-refractivity contribution is 7.86. The van der Waals surface area contributed by atoms with E-state index in [0.29, 0.717) is 23.1 Å². The standard InChI is InChI=1S/C28H25NO6S2/c1-2-26(22-11-8-12-24(19-22)36(30,31)32)29-23-17-15-21(16-18-23)28(20-9-4-3-5-10-20)25-13-6-7-14-27(25)37(33,34)35/h4-19,26,29H,2H2,1H3,(H,30,31,32)(H,33,34,35). The van der Waals surface area contributed by atoms with E-state index in [9.17, 15) is 25.9 Å². The summed E-state index contributed by atoms with van der Waals surface area (Å²) in [6, 6.07) is 19.6. The van der Waals surface area contributed by atoms with Crippen LogP contribution in [0.5, 0.6) is 0 Å². The Balaban J connectivity index is 1.72. The molecular formula is C28H25NO6S2. The fraction of sp³-hybridized carbons (Fsp3) is 0.107. The fourth-order valence-corrected chi connectivity index (χ4v) is 5.41. The van der Waals surface area contributed by atoms with Gasteiger partial charge in [0, 0.05) is 17.7 Å². The normalized spacial score (nSPS) is 14.4. The van der Waals surface area contributed by atoms with E-state index < -0.39 is 20.2 Å². The van der Waals surface area contributed by atoms with Crippen molar-refractivity contribution in [1.29, 1.82) is 0 Å². The van der Waals surface area contributed by atoms with Crippen LogP contribution >= 0.6 is 0 Å². The molecule has 1 aliphatic carbocycles. The Morgan fingerprint density at radius 2 is 1.54 bits per heavy atom. The van der Waals surface area contributed by atoms with Gasteiger partial charge in [0.25, 0.3) is 20.2 Å². The average Bonchev–Trinajstić information content (AvgIpc) is 2.88. The van der Waals surface area contributed by atoms with Gasteiger partial charge in [-0.1, -0.05) is 73.7 Å². The lowest BCUT2D eigenvalue weighted by molar-refractivity contribution is 0.480. The highest BCUT2D eigenvalue weighted by Crippen LogP contribution is 2.35. The maximum atomic E-state index is 12.1. The van der Waals surface area contributed by atoms with Gasteiger partial charge >= 0.3 is 0 Å². The number of rotatable bonds is 8. The Bertz CT molecular complexity index is 1590. The van der Waals surface area contributed by atoms with E-state index in [1.54, 1.807) is 42.5 Å². The zero-order chi connectivity index (χ0) is 26.6. The zero-order valence-electron chi connectivity index (χ0n) is 19.9. The quantitative estimate of drug-likeness (QED) is 0.314. The van der Waals surface area contributed by atoms with Crippen molar-refractivity contribution in [2.24, 2.45) is 0 Å². The molecule has 1 atom stereocenters. The maximum absolute atomic E-state index is 12.1. The lowest BCUT2D eigenvalue weighted by atomic mass is 9.91. The molecule has 1 aliphatic rings. The topological polar surface area (TPSA) is 121 Å². The molecule has 0 aliphatic heterocycles. The van der Waals surface area contributed by atoms with Crippen LogP contribution in [0.1, 0.15) is 36.1 Å². The van der Waals surface area contributed by atoms with Gasteiger partial charge in [-0.3, -0.25) is 9.11 Å². The summed E-state index contributed by atoms with van der Waals surface area (Å²) in [5.74, 6) is 0. The molecule has 0 fully saturated rings. The van der Waals surface area contributed by atoms with Gasteiger partial charge in [0.05, 0.1) is 10.9 Å². The van der Waals surface area contributed by atoms with Gasteiger partial charge in [0.1, 0.15) is 4.90 Å². The number of allylic oxidation sites excluding steroid dienone is 5. The lowest BCUT2D eigenvalue weighted by Gasteiger charge is -2.20. The summed E-state index contributed by atoms with van der Waals surface area (Å²) >= 11 is 0. The van der Waals surface area contributed by atoms with Crippen LogP contribution in [-0.2, 0) is 20.2 Å². The highest BCUT2D eigenvalue weighted by Gasteiger charge is 2.21. The van der Waals surface area contributed by atoms with Crippen LogP contribution in [0.15, 0.2) is 112 Å². The predicted molar refractivity (Wildman–Crippen MR) is 143 cm³/mol. The Kier molecular flexibility index (Phi) is 7.79. The molecule has 0 bridgehead atoms. The largest absolute Gasteiger partial charge is 0.378 e. The van der Waals surface area contributed by atoms with Crippen LogP contribution in [0, 0.1) is 6.42 Å². The van der Waals surface area contributed by atoms with Gasteiger partial charge in [-0.05, 0) is 59.0 Å². The Hall–Kier alpha value is -3.50. The van der Waals surface area contributed by atoms with Gasteiger partial charge in [0.2, 0.25) is 0 Å². The molecule has 0 spiro atoms. The van der Waals surface area contributed by atoms with E-state index in [-0.39, 0.29) is 15.8 Å². The number of anilines is 1. The van der Waals surface area contributed by atoms with E-state index >= 15 is 0 Å². The van der Waals surface area contributed by atoms with E-state index in [1.807, 2.05) is 43.3 Å². The number of hydrogen-bond donors (Lipinski definition) is 3. The summed E-state index contributed by atoms with van der Waals surface area (Å²) in [4.78, 5) is -0.359. The molecule has 4 rings (SSSR count). The van der Waals surface area contributed by atoms with Crippen molar-refractivity contribution in [3.8, 4) is 0 Å². The summed E-state index contributed by atoms with van der Waals surface area (Å²) in [5, 5.41) is 3.38. The first-order valence-corrected chi connectivity index (χ1v) is 14.3. The summed E-state index contributed by atoms with van der Waals surface area (Å²) in [6.07, 6.45) is 10.7. The molecule has 3 aromatic carbocycles. The molecule has 2 radical (unpaired) electrons. The van der Waals surface area contributed by atoms with Gasteiger partial charge in [-0.2, -0.15) is 16.8 Å². The zero-order valence-corrected chi connectivity index (χ0v) is 21.5. The van der Waals surface area contributed by atoms with Crippen molar-refractivity contribution < 1.29 is 25.9 Å². The third-order valence-corrected chi connectivity index (χ3v) is 7.68. The van der Waals surface area contributed by atoms with Gasteiger partial charge in [-0.25, -0.2) is 0 Å². The van der Waals surface area contributed by atoms with Crippen LogP contribution in [0.4, 0.5) is 5.69 Å². The van der Waals surface area contributed by atoms with E-state index in [1.165, 1.54) is 18.2 Å². The van der Waals surface area contributed by atoms with Crippen molar-refractivity contribution in [3.05, 3.63) is 126 Å². The van der Waals surface area contributed by atoms with Crippen LogP contribution in [-0.4, -0.2) is 25.9 Å². The molecule has 190 valence electrons. The molecule has 1 unspecified atom stereocenters. The average molecular weight is 536 g/mol. The monoisotopic (exact) mass is 535 g/mol. The highest BCUT2D eigenvalue weighted by atomic mass is 32.2. The van der Waals surface area contributed by atoms with Crippen LogP contribution in [0.3, 0.4) is 0 Å². The van der Waals surface area contributed by atoms with Gasteiger partial charge in [0.15, 0.2) is 0 Å². The SMILES string of the molecule is CCC(Nc1ccc(C(=C2C=C[C]C=C2)c2ccccc2S(=O)(=O)O)cc1)c1cccc(S(=O)(=O)O)c1. The minimum atomic E-state index is -4.47. The molecule has 0 amide bonds. The number of hydrogen-bond acceptors (Lipinski definition) is 5. The fourth-order valence-electron chi connectivity index (χ4n) is 4.18. The summed E-state index contributed by atoms with van der Waals surface area (Å²) in [5.41, 5.74) is 3.94. The van der Waals surface area contributed by atoms with Crippen LogP contribution < -0.4 is 5.32 Å². The Morgan fingerprint density at radius 3 is 2.16 bits per heavy atom. The Labute approximate surface area is 217 Å². The van der Waals surface area contributed by atoms with Crippen molar-refractivity contribution in [1.82, 2.24) is 0 Å². The first-order valence-electron chi connectivity index (χ1n) is 11.4. The first-order chi connectivity index (χ1) is 17.6. The third kappa shape index (κ3) is 6.26. The number of nitrogens with one attached hydrogen (secondary N) is 1. The van der Waals surface area contributed by atoms with Crippen LogP contribution in [0.2, 0.25) is 0 Å². The maximum Gasteiger partial charge on any atom is 0.295 e. The van der Waals surface area contributed by atoms with Crippen molar-refractivity contribution >= 4 is 31.5 Å². The summed E-state index contributed by atoms with van der Waals surface area (Å²) in [6.45, 7) is 1.96. The molecule has 3 N–H and O–H groups in total. The lowest BCUT2D eigenvalue weighted by Crippen LogP contribution is -2.11. The molecule has 0 saturated carbocycles. The van der Waals surface area contributed by atoms with E-state index in [2.05, 4.69) is 11.7 Å². The summed E-state index contributed by atoms with van der Waals surface area (Å²) in [7, 11) is -8.78. The molecule has 7 nitrogen and oxygen atoms in total. The third-order valence-electron chi connectivity index (χ3n) is 5.92. The van der Waals surface area contributed by atoms with Crippen molar-refractivity contribution in [3.63, 3.8) is 0 Å². The molecular weight excluding hydrogens is 510 g/mol. The van der Waals surface area contributed by atoms with Crippen molar-refractivity contribution in [2.45, 2.75) is 29.2 Å². The first kappa shape index (κ1) is 26.6. The van der Waals surface area contributed by atoms with Gasteiger partial charge in [-0.15, -0.1) is 0 Å². The predicted octanol–water partition coefficient (Wildman–Crippen LogP) is 5.75. The second kappa shape index (κ2) is 10.9. The minimum Gasteiger partial charge on any atom is -0.378 e. The van der Waals surface area contributed by atoms with E-state index in [0.717, 1.165) is 16.8 Å². The molecule has 0 heterocycles. The van der Waals surface area contributed by atoms with E-state index in [4.69, 9.17) is 0 Å². The molecule has 9 heteroatoms.